The van der Waals surface area contributed by atoms with E-state index in [0.717, 1.165) is 6.42 Å². The third-order valence-electron chi connectivity index (χ3n) is 4.42. The molecule has 2 nitrogen and oxygen atoms in total. The fourth-order valence-electron chi connectivity index (χ4n) is 3.13. The Morgan fingerprint density at radius 1 is 1.29 bits per heavy atom. The Kier molecular flexibility index (Phi) is 2.12. The fraction of sp³-hybridized carbons (Fsp3) is 0.917. The Bertz CT molecular complexity index is 269. The average Bonchev–Trinajstić information content (AvgIpc) is 2.71. The lowest BCUT2D eigenvalue weighted by atomic mass is 9.78. The predicted octanol–water partition coefficient (Wildman–Crippen LogP) is 2.27. The maximum Gasteiger partial charge on any atom is 0.0698 e. The van der Waals surface area contributed by atoms with Crippen LogP contribution in [0.2, 0.25) is 0 Å². The van der Waals surface area contributed by atoms with Crippen LogP contribution in [0.5, 0.6) is 0 Å². The summed E-state index contributed by atoms with van der Waals surface area (Å²) in [6.07, 6.45) is 3.55. The Morgan fingerprint density at radius 3 is 2.14 bits per heavy atom. The second kappa shape index (κ2) is 2.97. The summed E-state index contributed by atoms with van der Waals surface area (Å²) >= 11 is 0. The van der Waals surface area contributed by atoms with Gasteiger partial charge in [-0.15, -0.1) is 0 Å². The van der Waals surface area contributed by atoms with Gasteiger partial charge in [-0.05, 0) is 50.7 Å². The highest BCUT2D eigenvalue weighted by Gasteiger charge is 2.65. The van der Waals surface area contributed by atoms with Gasteiger partial charge in [0.2, 0.25) is 0 Å². The highest BCUT2D eigenvalue weighted by atomic mass is 15.1. The van der Waals surface area contributed by atoms with Crippen LogP contribution in [0, 0.1) is 28.1 Å². The lowest BCUT2D eigenvalue weighted by Crippen LogP contribution is -2.35. The van der Waals surface area contributed by atoms with Gasteiger partial charge in [0, 0.05) is 0 Å². The standard InChI is InChI=1S/C12H20N2/c1-11(2)8-12(11,9-13)10-4-6-14(3)7-5-10/h10H,4-8H2,1-3H3. The van der Waals surface area contributed by atoms with Gasteiger partial charge in [-0.1, -0.05) is 13.8 Å². The number of piperidine rings is 1. The molecule has 0 amide bonds. The Hall–Kier alpha value is -0.550. The number of hydrogen-bond acceptors (Lipinski definition) is 2. The molecule has 1 saturated heterocycles. The van der Waals surface area contributed by atoms with Crippen LogP contribution < -0.4 is 0 Å². The van der Waals surface area contributed by atoms with E-state index in [2.05, 4.69) is 31.9 Å². The molecule has 0 radical (unpaired) electrons. The van der Waals surface area contributed by atoms with Gasteiger partial charge in [0.05, 0.1) is 11.5 Å². The van der Waals surface area contributed by atoms with E-state index >= 15 is 0 Å². The molecule has 1 heterocycles. The zero-order valence-corrected chi connectivity index (χ0v) is 9.51. The molecule has 78 valence electrons. The maximum absolute atomic E-state index is 9.35. The van der Waals surface area contributed by atoms with Crippen molar-refractivity contribution >= 4 is 0 Å². The van der Waals surface area contributed by atoms with Crippen LogP contribution >= 0.6 is 0 Å². The molecule has 0 N–H and O–H groups in total. The lowest BCUT2D eigenvalue weighted by Gasteiger charge is -2.33. The minimum Gasteiger partial charge on any atom is -0.306 e. The van der Waals surface area contributed by atoms with Gasteiger partial charge in [0.1, 0.15) is 0 Å². The van der Waals surface area contributed by atoms with Gasteiger partial charge in [-0.3, -0.25) is 0 Å². The second-order valence-corrected chi connectivity index (χ2v) is 5.72. The zero-order valence-electron chi connectivity index (χ0n) is 9.51. The maximum atomic E-state index is 9.35. The van der Waals surface area contributed by atoms with Gasteiger partial charge in [-0.2, -0.15) is 5.26 Å². The Balaban J connectivity index is 2.06. The summed E-state index contributed by atoms with van der Waals surface area (Å²) in [6.45, 7) is 6.83. The third-order valence-corrected chi connectivity index (χ3v) is 4.42. The summed E-state index contributed by atoms with van der Waals surface area (Å²) in [5.74, 6) is 0.652. The molecular weight excluding hydrogens is 172 g/mol. The molecule has 14 heavy (non-hydrogen) atoms. The number of hydrogen-bond donors (Lipinski definition) is 0. The van der Waals surface area contributed by atoms with Crippen molar-refractivity contribution in [1.29, 1.82) is 5.26 Å². The fourth-order valence-corrected chi connectivity index (χ4v) is 3.13. The number of nitrogens with zero attached hydrogens (tertiary/aromatic N) is 2. The first-order valence-corrected chi connectivity index (χ1v) is 5.62. The van der Waals surface area contributed by atoms with Crippen molar-refractivity contribution < 1.29 is 0 Å². The summed E-state index contributed by atoms with van der Waals surface area (Å²) < 4.78 is 0. The second-order valence-electron chi connectivity index (χ2n) is 5.72. The first kappa shape index (κ1) is 9.98. The van der Waals surface area contributed by atoms with Crippen molar-refractivity contribution in [3.63, 3.8) is 0 Å². The van der Waals surface area contributed by atoms with E-state index in [9.17, 15) is 5.26 Å². The van der Waals surface area contributed by atoms with Crippen LogP contribution in [0.15, 0.2) is 0 Å². The van der Waals surface area contributed by atoms with Gasteiger partial charge < -0.3 is 4.90 Å². The molecule has 2 heteroatoms. The molecule has 1 unspecified atom stereocenters. The smallest absolute Gasteiger partial charge is 0.0698 e. The summed E-state index contributed by atoms with van der Waals surface area (Å²) in [5, 5.41) is 9.35. The lowest BCUT2D eigenvalue weighted by molar-refractivity contribution is 0.165. The number of nitriles is 1. The summed E-state index contributed by atoms with van der Waals surface area (Å²) in [7, 11) is 2.17. The third kappa shape index (κ3) is 1.26. The molecule has 1 saturated carbocycles. The Morgan fingerprint density at radius 2 is 1.79 bits per heavy atom. The van der Waals surface area contributed by atoms with Crippen molar-refractivity contribution in [2.75, 3.05) is 20.1 Å². The molecule has 2 fully saturated rings. The predicted molar refractivity (Wildman–Crippen MR) is 56.7 cm³/mol. The molecule has 1 aliphatic heterocycles. The monoisotopic (exact) mass is 192 g/mol. The highest BCUT2D eigenvalue weighted by Crippen LogP contribution is 2.68. The van der Waals surface area contributed by atoms with E-state index in [-0.39, 0.29) is 10.8 Å². The molecular formula is C12H20N2. The van der Waals surface area contributed by atoms with Crippen molar-refractivity contribution in [2.45, 2.75) is 33.1 Å². The Labute approximate surface area is 86.9 Å². The topological polar surface area (TPSA) is 27.0 Å². The summed E-state index contributed by atoms with van der Waals surface area (Å²) in [4.78, 5) is 2.37. The molecule has 0 bridgehead atoms. The van der Waals surface area contributed by atoms with E-state index < -0.39 is 0 Å². The van der Waals surface area contributed by atoms with Crippen LogP contribution in [0.4, 0.5) is 0 Å². The first-order valence-electron chi connectivity index (χ1n) is 5.62. The largest absolute Gasteiger partial charge is 0.306 e. The zero-order chi connectivity index (χ0) is 10.4. The minimum atomic E-state index is 0.0221. The van der Waals surface area contributed by atoms with Gasteiger partial charge >= 0.3 is 0 Å². The van der Waals surface area contributed by atoms with E-state index in [0.29, 0.717) is 5.92 Å². The van der Waals surface area contributed by atoms with Crippen molar-refractivity contribution in [2.24, 2.45) is 16.7 Å². The van der Waals surface area contributed by atoms with E-state index in [1.165, 1.54) is 25.9 Å². The van der Waals surface area contributed by atoms with Crippen molar-refractivity contribution in [1.82, 2.24) is 4.90 Å². The molecule has 1 atom stereocenters. The van der Waals surface area contributed by atoms with Gasteiger partial charge in [0.25, 0.3) is 0 Å². The van der Waals surface area contributed by atoms with Crippen LogP contribution in [0.25, 0.3) is 0 Å². The van der Waals surface area contributed by atoms with Crippen LogP contribution in [0.1, 0.15) is 33.1 Å². The van der Waals surface area contributed by atoms with Crippen LogP contribution in [-0.2, 0) is 0 Å². The molecule has 0 spiro atoms. The first-order chi connectivity index (χ1) is 6.52. The SMILES string of the molecule is CN1CCC(C2(C#N)CC2(C)C)CC1. The molecule has 0 aromatic rings. The minimum absolute atomic E-state index is 0.0221. The van der Waals surface area contributed by atoms with Gasteiger partial charge in [-0.25, -0.2) is 0 Å². The average molecular weight is 192 g/mol. The summed E-state index contributed by atoms with van der Waals surface area (Å²) in [6, 6.07) is 2.61. The number of likely N-dealkylation sites (tertiary alicyclic amines) is 1. The molecule has 1 aliphatic carbocycles. The van der Waals surface area contributed by atoms with E-state index in [1.807, 2.05) is 0 Å². The van der Waals surface area contributed by atoms with Crippen molar-refractivity contribution in [3.05, 3.63) is 0 Å². The highest BCUT2D eigenvalue weighted by molar-refractivity contribution is 5.24. The summed E-state index contributed by atoms with van der Waals surface area (Å²) in [5.41, 5.74) is 0.302. The quantitative estimate of drug-likeness (QED) is 0.637. The molecule has 0 aromatic carbocycles. The van der Waals surface area contributed by atoms with Crippen molar-refractivity contribution in [3.8, 4) is 6.07 Å². The number of rotatable bonds is 1. The van der Waals surface area contributed by atoms with Gasteiger partial charge in [0.15, 0.2) is 0 Å². The van der Waals surface area contributed by atoms with E-state index in [1.54, 1.807) is 0 Å². The van der Waals surface area contributed by atoms with E-state index in [4.69, 9.17) is 0 Å². The van der Waals surface area contributed by atoms with Crippen LogP contribution in [-0.4, -0.2) is 25.0 Å². The normalized spacial score (nSPS) is 37.9. The molecule has 2 aliphatic rings. The molecule has 0 aromatic heterocycles. The van der Waals surface area contributed by atoms with Crippen LogP contribution in [0.3, 0.4) is 0 Å². The molecule has 2 rings (SSSR count).